The van der Waals surface area contributed by atoms with Crippen molar-refractivity contribution in [1.29, 1.82) is 0 Å². The SMILES string of the molecule is O=S(=O)(C[C@@H]1CCCN1)c1ncc(Cl)cn1. The average Bonchev–Trinajstić information content (AvgIpc) is 2.70. The summed E-state index contributed by atoms with van der Waals surface area (Å²) in [4.78, 5) is 7.47. The lowest BCUT2D eigenvalue weighted by Crippen LogP contribution is -2.30. The summed E-state index contributed by atoms with van der Waals surface area (Å²) in [7, 11) is -3.40. The predicted molar refractivity (Wildman–Crippen MR) is 60.1 cm³/mol. The van der Waals surface area contributed by atoms with E-state index in [1.54, 1.807) is 0 Å². The van der Waals surface area contributed by atoms with E-state index in [-0.39, 0.29) is 17.0 Å². The van der Waals surface area contributed by atoms with Crippen molar-refractivity contribution in [3.63, 3.8) is 0 Å². The van der Waals surface area contributed by atoms with Crippen molar-refractivity contribution in [1.82, 2.24) is 15.3 Å². The fourth-order valence-electron chi connectivity index (χ4n) is 1.70. The van der Waals surface area contributed by atoms with Crippen molar-refractivity contribution < 1.29 is 8.42 Å². The highest BCUT2D eigenvalue weighted by Gasteiger charge is 2.25. The van der Waals surface area contributed by atoms with Crippen molar-refractivity contribution in [2.45, 2.75) is 24.0 Å². The lowest BCUT2D eigenvalue weighted by Gasteiger charge is -2.09. The maximum absolute atomic E-state index is 11.9. The van der Waals surface area contributed by atoms with Gasteiger partial charge in [0.25, 0.3) is 0 Å². The van der Waals surface area contributed by atoms with Crippen molar-refractivity contribution in [3.8, 4) is 0 Å². The molecule has 0 spiro atoms. The number of sulfone groups is 1. The van der Waals surface area contributed by atoms with E-state index < -0.39 is 9.84 Å². The maximum atomic E-state index is 11.9. The molecule has 0 aliphatic carbocycles. The molecule has 1 aliphatic heterocycles. The first-order valence-electron chi connectivity index (χ1n) is 5.01. The Balaban J connectivity index is 2.14. The Morgan fingerprint density at radius 1 is 1.44 bits per heavy atom. The first-order valence-corrected chi connectivity index (χ1v) is 7.05. The molecule has 2 rings (SSSR count). The quantitative estimate of drug-likeness (QED) is 0.809. The van der Waals surface area contributed by atoms with Crippen LogP contribution >= 0.6 is 11.6 Å². The van der Waals surface area contributed by atoms with Gasteiger partial charge in [-0.1, -0.05) is 11.6 Å². The minimum absolute atomic E-state index is 0.0179. The largest absolute Gasteiger partial charge is 0.313 e. The van der Waals surface area contributed by atoms with Crippen LogP contribution in [0.15, 0.2) is 17.6 Å². The maximum Gasteiger partial charge on any atom is 0.247 e. The van der Waals surface area contributed by atoms with E-state index in [1.165, 1.54) is 12.4 Å². The molecule has 88 valence electrons. The molecule has 16 heavy (non-hydrogen) atoms. The summed E-state index contributed by atoms with van der Waals surface area (Å²) in [5.41, 5.74) is 0. The van der Waals surface area contributed by atoms with Crippen LogP contribution in [0, 0.1) is 0 Å². The van der Waals surface area contributed by atoms with E-state index in [2.05, 4.69) is 15.3 Å². The molecule has 1 atom stereocenters. The Morgan fingerprint density at radius 2 is 2.12 bits per heavy atom. The highest BCUT2D eigenvalue weighted by atomic mass is 35.5. The van der Waals surface area contributed by atoms with Crippen LogP contribution in [-0.4, -0.2) is 36.7 Å². The van der Waals surface area contributed by atoms with Crippen molar-refractivity contribution >= 4 is 21.4 Å². The topological polar surface area (TPSA) is 72.0 Å². The Labute approximate surface area is 99.2 Å². The lowest BCUT2D eigenvalue weighted by atomic mass is 10.3. The number of rotatable bonds is 3. The van der Waals surface area contributed by atoms with E-state index in [4.69, 9.17) is 11.6 Å². The Hall–Kier alpha value is -0.720. The molecule has 1 aliphatic rings. The van der Waals surface area contributed by atoms with Crippen molar-refractivity contribution in [2.75, 3.05) is 12.3 Å². The second kappa shape index (κ2) is 4.65. The normalized spacial score (nSPS) is 21.2. The van der Waals surface area contributed by atoms with Crippen molar-refractivity contribution in [3.05, 3.63) is 17.4 Å². The standard InChI is InChI=1S/C9H12ClN3O2S/c10-7-4-12-9(13-5-7)16(14,15)6-8-2-1-3-11-8/h4-5,8,11H,1-3,6H2/t8-/m0/s1. The van der Waals surface area contributed by atoms with E-state index >= 15 is 0 Å². The summed E-state index contributed by atoms with van der Waals surface area (Å²) >= 11 is 5.60. The molecule has 0 saturated carbocycles. The Kier molecular flexibility index (Phi) is 3.41. The molecule has 0 amide bonds. The monoisotopic (exact) mass is 261 g/mol. The first kappa shape index (κ1) is 11.8. The number of hydrogen-bond donors (Lipinski definition) is 1. The van der Waals surface area contributed by atoms with Gasteiger partial charge in [0.1, 0.15) is 0 Å². The number of halogens is 1. The third-order valence-electron chi connectivity index (χ3n) is 2.46. The molecule has 0 radical (unpaired) electrons. The zero-order valence-corrected chi connectivity index (χ0v) is 10.1. The summed E-state index contributed by atoms with van der Waals surface area (Å²) in [6.45, 7) is 0.877. The molecule has 1 aromatic heterocycles. The van der Waals surface area contributed by atoms with Gasteiger partial charge >= 0.3 is 0 Å². The summed E-state index contributed by atoms with van der Waals surface area (Å²) in [6.07, 6.45) is 4.49. The summed E-state index contributed by atoms with van der Waals surface area (Å²) < 4.78 is 23.8. The van der Waals surface area contributed by atoms with Gasteiger partial charge in [-0.15, -0.1) is 0 Å². The Morgan fingerprint density at radius 3 is 2.69 bits per heavy atom. The highest BCUT2D eigenvalue weighted by molar-refractivity contribution is 7.91. The van der Waals surface area contributed by atoms with Crippen LogP contribution in [0.4, 0.5) is 0 Å². The van der Waals surface area contributed by atoms with Crippen LogP contribution in [0.5, 0.6) is 0 Å². The molecule has 5 nitrogen and oxygen atoms in total. The zero-order chi connectivity index (χ0) is 11.6. The lowest BCUT2D eigenvalue weighted by molar-refractivity contribution is 0.568. The molecule has 1 aromatic rings. The molecule has 1 saturated heterocycles. The van der Waals surface area contributed by atoms with Gasteiger partial charge in [-0.3, -0.25) is 0 Å². The fraction of sp³-hybridized carbons (Fsp3) is 0.556. The molecule has 0 unspecified atom stereocenters. The summed E-state index contributed by atoms with van der Waals surface area (Å²) in [5.74, 6) is 0.0502. The van der Waals surface area contributed by atoms with E-state index in [1.807, 2.05) is 0 Å². The van der Waals surface area contributed by atoms with Crippen molar-refractivity contribution in [2.24, 2.45) is 0 Å². The van der Waals surface area contributed by atoms with Gasteiger partial charge in [0.2, 0.25) is 15.0 Å². The van der Waals surface area contributed by atoms with Crippen LogP contribution in [0.2, 0.25) is 5.02 Å². The number of hydrogen-bond acceptors (Lipinski definition) is 5. The molecule has 2 heterocycles. The molecule has 1 fully saturated rings. The van der Waals surface area contributed by atoms with Crippen LogP contribution < -0.4 is 5.32 Å². The van der Waals surface area contributed by atoms with Crippen LogP contribution in [0.3, 0.4) is 0 Å². The van der Waals surface area contributed by atoms with Crippen LogP contribution in [-0.2, 0) is 9.84 Å². The van der Waals surface area contributed by atoms with E-state index in [0.29, 0.717) is 5.02 Å². The smallest absolute Gasteiger partial charge is 0.247 e. The van der Waals surface area contributed by atoms with E-state index in [9.17, 15) is 8.42 Å². The first-order chi connectivity index (χ1) is 7.58. The van der Waals surface area contributed by atoms with Crippen LogP contribution in [0.25, 0.3) is 0 Å². The van der Waals surface area contributed by atoms with E-state index in [0.717, 1.165) is 19.4 Å². The third-order valence-corrected chi connectivity index (χ3v) is 4.26. The number of nitrogens with one attached hydrogen (secondary N) is 1. The zero-order valence-electron chi connectivity index (χ0n) is 8.56. The van der Waals surface area contributed by atoms with Gasteiger partial charge in [-0.25, -0.2) is 18.4 Å². The van der Waals surface area contributed by atoms with Gasteiger partial charge in [0, 0.05) is 6.04 Å². The predicted octanol–water partition coefficient (Wildman–Crippen LogP) is 0.656. The molecule has 0 bridgehead atoms. The number of nitrogens with zero attached hydrogens (tertiary/aromatic N) is 2. The molecule has 0 aromatic carbocycles. The van der Waals surface area contributed by atoms with Crippen LogP contribution in [0.1, 0.15) is 12.8 Å². The van der Waals surface area contributed by atoms with Gasteiger partial charge in [0.15, 0.2) is 0 Å². The second-order valence-corrected chi connectivity index (χ2v) is 6.12. The molecule has 1 N–H and O–H groups in total. The van der Waals surface area contributed by atoms with Gasteiger partial charge in [-0.05, 0) is 19.4 Å². The minimum atomic E-state index is -3.40. The Bertz CT molecular complexity index is 454. The fourth-order valence-corrected chi connectivity index (χ4v) is 3.19. The summed E-state index contributed by atoms with van der Waals surface area (Å²) in [6, 6.07) is 0.0179. The highest BCUT2D eigenvalue weighted by Crippen LogP contribution is 2.13. The number of aromatic nitrogens is 2. The third kappa shape index (κ3) is 2.69. The van der Waals surface area contributed by atoms with Gasteiger partial charge in [-0.2, -0.15) is 0 Å². The summed E-state index contributed by atoms with van der Waals surface area (Å²) in [5, 5.41) is 3.32. The molecular formula is C9H12ClN3O2S. The molecule has 7 heteroatoms. The molecular weight excluding hydrogens is 250 g/mol. The minimum Gasteiger partial charge on any atom is -0.313 e. The van der Waals surface area contributed by atoms with Gasteiger partial charge < -0.3 is 5.32 Å². The second-order valence-electron chi connectivity index (χ2n) is 3.76. The average molecular weight is 262 g/mol. The van der Waals surface area contributed by atoms with Gasteiger partial charge in [0.05, 0.1) is 23.2 Å².